The third kappa shape index (κ3) is 3.71. The van der Waals surface area contributed by atoms with Crippen LogP contribution in [0.25, 0.3) is 0 Å². The van der Waals surface area contributed by atoms with Crippen LogP contribution in [0.2, 0.25) is 0 Å². The first kappa shape index (κ1) is 15.2. The second kappa shape index (κ2) is 7.01. The minimum atomic E-state index is -0.0426. The minimum Gasteiger partial charge on any atom is -0.381 e. The Hall–Kier alpha value is -1.75. The summed E-state index contributed by atoms with van der Waals surface area (Å²) in [4.78, 5) is 14.5. The fraction of sp³-hybridized carbons (Fsp3) is 0.588. The minimum absolute atomic E-state index is 0.0426. The molecule has 2 atom stereocenters. The third-order valence-corrected chi connectivity index (χ3v) is 4.55. The molecule has 2 saturated heterocycles. The van der Waals surface area contributed by atoms with Crippen molar-refractivity contribution in [3.63, 3.8) is 0 Å². The highest BCUT2D eigenvalue weighted by molar-refractivity contribution is 5.74. The number of nitrogens with zero attached hydrogens (tertiary/aromatic N) is 1. The quantitative estimate of drug-likeness (QED) is 0.899. The van der Waals surface area contributed by atoms with E-state index < -0.39 is 0 Å². The number of amides is 2. The van der Waals surface area contributed by atoms with Gasteiger partial charge in [-0.15, -0.1) is 0 Å². The van der Waals surface area contributed by atoms with E-state index in [1.165, 1.54) is 5.69 Å². The molecule has 0 unspecified atom stereocenters. The molecule has 5 nitrogen and oxygen atoms in total. The van der Waals surface area contributed by atoms with Gasteiger partial charge in [0.15, 0.2) is 0 Å². The molecule has 0 aliphatic carbocycles. The SMILES string of the molecule is C[C@@H]1C[C@@H](NC(=O)NC2CCOCC2)CN1c1ccccc1. The van der Waals surface area contributed by atoms with Crippen LogP contribution in [0.4, 0.5) is 10.5 Å². The second-order valence-corrected chi connectivity index (χ2v) is 6.27. The highest BCUT2D eigenvalue weighted by Gasteiger charge is 2.30. The van der Waals surface area contributed by atoms with Crippen molar-refractivity contribution in [3.05, 3.63) is 30.3 Å². The van der Waals surface area contributed by atoms with Gasteiger partial charge in [0.25, 0.3) is 0 Å². The molecular formula is C17H25N3O2. The number of hydrogen-bond donors (Lipinski definition) is 2. The van der Waals surface area contributed by atoms with Gasteiger partial charge in [-0.05, 0) is 38.3 Å². The lowest BCUT2D eigenvalue weighted by Gasteiger charge is -2.25. The monoisotopic (exact) mass is 303 g/mol. The molecule has 1 aromatic rings. The van der Waals surface area contributed by atoms with Crippen molar-refractivity contribution in [2.45, 2.75) is 44.3 Å². The van der Waals surface area contributed by atoms with Crippen LogP contribution < -0.4 is 15.5 Å². The number of carbonyl (C=O) groups is 1. The van der Waals surface area contributed by atoms with Gasteiger partial charge in [0.2, 0.25) is 0 Å². The summed E-state index contributed by atoms with van der Waals surface area (Å²) in [6.45, 7) is 4.57. The van der Waals surface area contributed by atoms with Crippen molar-refractivity contribution in [1.29, 1.82) is 0 Å². The van der Waals surface area contributed by atoms with Crippen LogP contribution in [0, 0.1) is 0 Å². The molecule has 5 heteroatoms. The summed E-state index contributed by atoms with van der Waals surface area (Å²) >= 11 is 0. The summed E-state index contributed by atoms with van der Waals surface area (Å²) in [6, 6.07) is 11.2. The first-order chi connectivity index (χ1) is 10.7. The molecule has 0 radical (unpaired) electrons. The predicted molar refractivity (Wildman–Crippen MR) is 87.2 cm³/mol. The van der Waals surface area contributed by atoms with Crippen molar-refractivity contribution in [2.75, 3.05) is 24.7 Å². The summed E-state index contributed by atoms with van der Waals surface area (Å²) in [5, 5.41) is 6.19. The zero-order valence-electron chi connectivity index (χ0n) is 13.1. The average Bonchev–Trinajstić information content (AvgIpc) is 2.89. The zero-order chi connectivity index (χ0) is 15.4. The number of hydrogen-bond acceptors (Lipinski definition) is 3. The number of rotatable bonds is 3. The Bertz CT molecular complexity index is 488. The normalized spacial score (nSPS) is 26.0. The van der Waals surface area contributed by atoms with Crippen LogP contribution in [0.1, 0.15) is 26.2 Å². The van der Waals surface area contributed by atoms with Gasteiger partial charge in [0.1, 0.15) is 0 Å². The van der Waals surface area contributed by atoms with Crippen LogP contribution in [0.5, 0.6) is 0 Å². The molecule has 2 heterocycles. The van der Waals surface area contributed by atoms with Crippen LogP contribution in [0.15, 0.2) is 30.3 Å². The Morgan fingerprint density at radius 2 is 1.82 bits per heavy atom. The van der Waals surface area contributed by atoms with Crippen molar-refractivity contribution in [3.8, 4) is 0 Å². The van der Waals surface area contributed by atoms with Gasteiger partial charge in [-0.2, -0.15) is 0 Å². The zero-order valence-corrected chi connectivity index (χ0v) is 13.1. The molecule has 0 saturated carbocycles. The third-order valence-electron chi connectivity index (χ3n) is 4.55. The lowest BCUT2D eigenvalue weighted by atomic mass is 10.1. The second-order valence-electron chi connectivity index (χ2n) is 6.27. The van der Waals surface area contributed by atoms with Gasteiger partial charge in [0.05, 0.1) is 6.04 Å². The molecule has 2 fully saturated rings. The Morgan fingerprint density at radius 1 is 1.14 bits per heavy atom. The van der Waals surface area contributed by atoms with Crippen molar-refractivity contribution >= 4 is 11.7 Å². The number of ether oxygens (including phenoxy) is 1. The van der Waals surface area contributed by atoms with E-state index in [2.05, 4.69) is 46.7 Å². The summed E-state index contributed by atoms with van der Waals surface area (Å²) in [5.74, 6) is 0. The fourth-order valence-electron chi connectivity index (χ4n) is 3.37. The molecule has 0 spiro atoms. The van der Waals surface area contributed by atoms with Gasteiger partial charge in [-0.3, -0.25) is 0 Å². The van der Waals surface area contributed by atoms with Crippen LogP contribution >= 0.6 is 0 Å². The van der Waals surface area contributed by atoms with E-state index in [4.69, 9.17) is 4.74 Å². The largest absolute Gasteiger partial charge is 0.381 e. The Balaban J connectivity index is 1.50. The molecule has 22 heavy (non-hydrogen) atoms. The van der Waals surface area contributed by atoms with Gasteiger partial charge in [-0.1, -0.05) is 18.2 Å². The van der Waals surface area contributed by atoms with Crippen molar-refractivity contribution < 1.29 is 9.53 Å². The number of para-hydroxylation sites is 1. The summed E-state index contributed by atoms with van der Waals surface area (Å²) < 4.78 is 5.31. The summed E-state index contributed by atoms with van der Waals surface area (Å²) in [7, 11) is 0. The Kier molecular flexibility index (Phi) is 4.83. The molecule has 0 bridgehead atoms. The standard InChI is InChI=1S/C17H25N3O2/c1-13-11-15(12-20(13)16-5-3-2-4-6-16)19-17(21)18-14-7-9-22-10-8-14/h2-6,13-15H,7-12H2,1H3,(H2,18,19,21)/t13-,15-/m1/s1. The molecule has 1 aromatic carbocycles. The molecule has 2 amide bonds. The van der Waals surface area contributed by atoms with Gasteiger partial charge < -0.3 is 20.3 Å². The number of anilines is 1. The predicted octanol–water partition coefficient (Wildman–Crippen LogP) is 2.13. The fourth-order valence-corrected chi connectivity index (χ4v) is 3.37. The van der Waals surface area contributed by atoms with Gasteiger partial charge >= 0.3 is 6.03 Å². The molecule has 0 aromatic heterocycles. The Labute approximate surface area is 132 Å². The van der Waals surface area contributed by atoms with E-state index in [1.54, 1.807) is 0 Å². The first-order valence-electron chi connectivity index (χ1n) is 8.19. The van der Waals surface area contributed by atoms with E-state index >= 15 is 0 Å². The maximum atomic E-state index is 12.1. The first-order valence-corrected chi connectivity index (χ1v) is 8.19. The number of benzene rings is 1. The van der Waals surface area contributed by atoms with Crippen LogP contribution in [0.3, 0.4) is 0 Å². The molecule has 2 aliphatic heterocycles. The molecule has 2 aliphatic rings. The molecule has 2 N–H and O–H groups in total. The maximum absolute atomic E-state index is 12.1. The summed E-state index contributed by atoms with van der Waals surface area (Å²) in [5.41, 5.74) is 1.23. The lowest BCUT2D eigenvalue weighted by Crippen LogP contribution is -2.48. The van der Waals surface area contributed by atoms with E-state index in [0.29, 0.717) is 6.04 Å². The highest BCUT2D eigenvalue weighted by Crippen LogP contribution is 2.25. The Morgan fingerprint density at radius 3 is 2.55 bits per heavy atom. The number of nitrogens with one attached hydrogen (secondary N) is 2. The highest BCUT2D eigenvalue weighted by atomic mass is 16.5. The van der Waals surface area contributed by atoms with E-state index in [0.717, 1.165) is 39.0 Å². The number of urea groups is 1. The van der Waals surface area contributed by atoms with Crippen LogP contribution in [-0.4, -0.2) is 43.9 Å². The van der Waals surface area contributed by atoms with E-state index in [-0.39, 0.29) is 18.1 Å². The number of carbonyl (C=O) groups excluding carboxylic acids is 1. The van der Waals surface area contributed by atoms with E-state index in [9.17, 15) is 4.79 Å². The molecular weight excluding hydrogens is 278 g/mol. The van der Waals surface area contributed by atoms with Gasteiger partial charge in [0, 0.05) is 37.5 Å². The smallest absolute Gasteiger partial charge is 0.315 e. The van der Waals surface area contributed by atoms with Crippen molar-refractivity contribution in [2.24, 2.45) is 0 Å². The topological polar surface area (TPSA) is 53.6 Å². The maximum Gasteiger partial charge on any atom is 0.315 e. The van der Waals surface area contributed by atoms with Gasteiger partial charge in [-0.25, -0.2) is 4.79 Å². The van der Waals surface area contributed by atoms with Crippen molar-refractivity contribution in [1.82, 2.24) is 10.6 Å². The summed E-state index contributed by atoms with van der Waals surface area (Å²) in [6.07, 6.45) is 2.80. The lowest BCUT2D eigenvalue weighted by molar-refractivity contribution is 0.0800. The van der Waals surface area contributed by atoms with Crippen LogP contribution in [-0.2, 0) is 4.74 Å². The molecule has 120 valence electrons. The average molecular weight is 303 g/mol. The van der Waals surface area contributed by atoms with E-state index in [1.807, 2.05) is 6.07 Å². The molecule has 3 rings (SSSR count).